The molecule has 0 amide bonds. The fraction of sp³-hybridized carbons (Fsp3) is 0.222. The van der Waals surface area contributed by atoms with Crippen LogP contribution in [-0.4, -0.2) is 0 Å². The Morgan fingerprint density at radius 1 is 0.722 bits per heavy atom. The number of rotatable bonds is 2. The Hall–Kier alpha value is -1.82. The van der Waals surface area contributed by atoms with E-state index in [-0.39, 0.29) is 0 Å². The van der Waals surface area contributed by atoms with Crippen molar-refractivity contribution < 1.29 is 0 Å². The molecule has 0 unspecified atom stereocenters. The molecule has 0 saturated carbocycles. The van der Waals surface area contributed by atoms with Crippen LogP contribution in [-0.2, 0) is 12.8 Å². The summed E-state index contributed by atoms with van der Waals surface area (Å²) in [7, 11) is 0. The van der Waals surface area contributed by atoms with Crippen molar-refractivity contribution in [2.24, 2.45) is 0 Å². The van der Waals surface area contributed by atoms with E-state index < -0.39 is 0 Å². The average Bonchev–Trinajstić information content (AvgIpc) is 2.43. The van der Waals surface area contributed by atoms with Gasteiger partial charge in [-0.3, -0.25) is 0 Å². The first-order valence-corrected chi connectivity index (χ1v) is 6.76. The SMILES string of the molecule is CCc1ccc2cc3cccc(CC)c3cc2c1. The maximum atomic E-state index is 2.35. The molecule has 0 nitrogen and oxygen atoms in total. The van der Waals surface area contributed by atoms with E-state index in [0.717, 1.165) is 12.8 Å². The Kier molecular flexibility index (Phi) is 2.79. The van der Waals surface area contributed by atoms with Gasteiger partial charge in [0, 0.05) is 0 Å². The van der Waals surface area contributed by atoms with E-state index in [9.17, 15) is 0 Å². The van der Waals surface area contributed by atoms with E-state index in [1.54, 1.807) is 0 Å². The third-order valence-corrected chi connectivity index (χ3v) is 3.78. The predicted molar refractivity (Wildman–Crippen MR) is 80.2 cm³/mol. The molecule has 0 heteroatoms. The number of benzene rings is 3. The van der Waals surface area contributed by atoms with Crippen molar-refractivity contribution >= 4 is 21.5 Å². The highest BCUT2D eigenvalue weighted by Gasteiger charge is 2.02. The van der Waals surface area contributed by atoms with E-state index in [4.69, 9.17) is 0 Å². The van der Waals surface area contributed by atoms with Crippen LogP contribution in [0, 0.1) is 0 Å². The van der Waals surface area contributed by atoms with E-state index in [1.165, 1.54) is 32.7 Å². The Balaban J connectivity index is 2.36. The minimum absolute atomic E-state index is 1.09. The van der Waals surface area contributed by atoms with Crippen molar-refractivity contribution in [3.8, 4) is 0 Å². The van der Waals surface area contributed by atoms with Crippen molar-refractivity contribution in [2.75, 3.05) is 0 Å². The zero-order valence-electron chi connectivity index (χ0n) is 11.0. The number of hydrogen-bond donors (Lipinski definition) is 0. The Morgan fingerprint density at radius 2 is 1.61 bits per heavy atom. The Labute approximate surface area is 108 Å². The van der Waals surface area contributed by atoms with Gasteiger partial charge in [-0.15, -0.1) is 0 Å². The summed E-state index contributed by atoms with van der Waals surface area (Å²) in [4.78, 5) is 0. The lowest BCUT2D eigenvalue weighted by Crippen LogP contribution is -1.85. The van der Waals surface area contributed by atoms with Gasteiger partial charge in [-0.05, 0) is 57.6 Å². The summed E-state index contributed by atoms with van der Waals surface area (Å²) in [6, 6.07) is 18.1. The Bertz CT molecular complexity index is 708. The first kappa shape index (κ1) is 11.3. The zero-order valence-corrected chi connectivity index (χ0v) is 11.0. The van der Waals surface area contributed by atoms with Crippen molar-refractivity contribution in [3.05, 3.63) is 59.7 Å². The quantitative estimate of drug-likeness (QED) is 0.540. The van der Waals surface area contributed by atoms with Crippen LogP contribution in [0.3, 0.4) is 0 Å². The van der Waals surface area contributed by atoms with E-state index in [2.05, 4.69) is 62.4 Å². The molecule has 0 aliphatic heterocycles. The minimum Gasteiger partial charge on any atom is -0.0614 e. The highest BCUT2D eigenvalue weighted by atomic mass is 14.1. The molecule has 0 fully saturated rings. The summed E-state index contributed by atoms with van der Waals surface area (Å²) in [6.07, 6.45) is 2.19. The molecule has 3 aromatic rings. The summed E-state index contributed by atoms with van der Waals surface area (Å²) in [5.74, 6) is 0. The molecule has 0 N–H and O–H groups in total. The second-order valence-electron chi connectivity index (χ2n) is 4.88. The molecule has 18 heavy (non-hydrogen) atoms. The molecule has 0 heterocycles. The van der Waals surface area contributed by atoms with Gasteiger partial charge in [0.15, 0.2) is 0 Å². The predicted octanol–water partition coefficient (Wildman–Crippen LogP) is 5.12. The number of fused-ring (bicyclic) bond motifs is 2. The van der Waals surface area contributed by atoms with Gasteiger partial charge in [-0.25, -0.2) is 0 Å². The monoisotopic (exact) mass is 234 g/mol. The summed E-state index contributed by atoms with van der Waals surface area (Å²) in [5.41, 5.74) is 2.85. The zero-order chi connectivity index (χ0) is 12.5. The third kappa shape index (κ3) is 1.78. The van der Waals surface area contributed by atoms with Crippen molar-refractivity contribution in [1.82, 2.24) is 0 Å². The normalized spacial score (nSPS) is 11.2. The smallest absolute Gasteiger partial charge is 0.0146 e. The van der Waals surface area contributed by atoms with Gasteiger partial charge in [0.25, 0.3) is 0 Å². The lowest BCUT2D eigenvalue weighted by Gasteiger charge is -2.07. The van der Waals surface area contributed by atoms with Crippen LogP contribution in [0.5, 0.6) is 0 Å². The topological polar surface area (TPSA) is 0 Å². The molecule has 0 aromatic heterocycles. The van der Waals surface area contributed by atoms with E-state index in [1.807, 2.05) is 0 Å². The summed E-state index contributed by atoms with van der Waals surface area (Å²) < 4.78 is 0. The number of aryl methyl sites for hydroxylation is 2. The van der Waals surface area contributed by atoms with E-state index >= 15 is 0 Å². The maximum Gasteiger partial charge on any atom is -0.0146 e. The molecular weight excluding hydrogens is 216 g/mol. The third-order valence-electron chi connectivity index (χ3n) is 3.78. The van der Waals surface area contributed by atoms with Crippen LogP contribution in [0.1, 0.15) is 25.0 Å². The van der Waals surface area contributed by atoms with Gasteiger partial charge < -0.3 is 0 Å². The molecule has 0 bridgehead atoms. The lowest BCUT2D eigenvalue weighted by atomic mass is 9.97. The molecule has 0 saturated heterocycles. The molecule has 0 atom stereocenters. The standard InChI is InChI=1S/C18H18/c1-3-13-8-9-15-11-16-7-5-6-14(4-2)18(16)12-17(15)10-13/h5-12H,3-4H2,1-2H3. The highest BCUT2D eigenvalue weighted by Crippen LogP contribution is 2.26. The van der Waals surface area contributed by atoms with Gasteiger partial charge in [0.05, 0.1) is 0 Å². The average molecular weight is 234 g/mol. The molecule has 0 radical (unpaired) electrons. The molecule has 90 valence electrons. The second kappa shape index (κ2) is 4.45. The van der Waals surface area contributed by atoms with E-state index in [0.29, 0.717) is 0 Å². The molecule has 0 spiro atoms. The second-order valence-corrected chi connectivity index (χ2v) is 4.88. The molecule has 3 aromatic carbocycles. The van der Waals surface area contributed by atoms with Gasteiger partial charge in [0.2, 0.25) is 0 Å². The van der Waals surface area contributed by atoms with Crippen LogP contribution in [0.2, 0.25) is 0 Å². The summed E-state index contributed by atoms with van der Waals surface area (Å²) in [6.45, 7) is 4.43. The Morgan fingerprint density at radius 3 is 2.39 bits per heavy atom. The summed E-state index contributed by atoms with van der Waals surface area (Å²) >= 11 is 0. The van der Waals surface area contributed by atoms with Gasteiger partial charge in [0.1, 0.15) is 0 Å². The van der Waals surface area contributed by atoms with Crippen LogP contribution >= 0.6 is 0 Å². The number of hydrogen-bond acceptors (Lipinski definition) is 0. The molecular formula is C18H18. The van der Waals surface area contributed by atoms with Crippen LogP contribution < -0.4 is 0 Å². The van der Waals surface area contributed by atoms with Crippen molar-refractivity contribution in [2.45, 2.75) is 26.7 Å². The van der Waals surface area contributed by atoms with Crippen molar-refractivity contribution in [3.63, 3.8) is 0 Å². The largest absolute Gasteiger partial charge is 0.0614 e. The van der Waals surface area contributed by atoms with Gasteiger partial charge in [-0.1, -0.05) is 50.2 Å². The van der Waals surface area contributed by atoms with Gasteiger partial charge in [-0.2, -0.15) is 0 Å². The maximum absolute atomic E-state index is 2.35. The van der Waals surface area contributed by atoms with Crippen LogP contribution in [0.25, 0.3) is 21.5 Å². The fourth-order valence-electron chi connectivity index (χ4n) is 2.67. The van der Waals surface area contributed by atoms with Crippen molar-refractivity contribution in [1.29, 1.82) is 0 Å². The van der Waals surface area contributed by atoms with Crippen LogP contribution in [0.15, 0.2) is 48.5 Å². The van der Waals surface area contributed by atoms with Crippen LogP contribution in [0.4, 0.5) is 0 Å². The minimum atomic E-state index is 1.09. The molecule has 0 aliphatic rings. The molecule has 0 aliphatic carbocycles. The first-order valence-electron chi connectivity index (χ1n) is 6.76. The first-order chi connectivity index (χ1) is 8.81. The lowest BCUT2D eigenvalue weighted by molar-refractivity contribution is 1.15. The fourth-order valence-corrected chi connectivity index (χ4v) is 2.67. The molecule has 3 rings (SSSR count). The van der Waals surface area contributed by atoms with Gasteiger partial charge >= 0.3 is 0 Å². The highest BCUT2D eigenvalue weighted by molar-refractivity contribution is 5.99. The summed E-state index contributed by atoms with van der Waals surface area (Å²) in [5, 5.41) is 5.46.